The van der Waals surface area contributed by atoms with E-state index in [1.54, 1.807) is 0 Å². The fourth-order valence-corrected chi connectivity index (χ4v) is 3.79. The van der Waals surface area contributed by atoms with E-state index < -0.39 is 15.6 Å². The molecule has 1 aromatic rings. The quantitative estimate of drug-likeness (QED) is 0.842. The minimum atomic E-state index is -3.62. The van der Waals surface area contributed by atoms with Gasteiger partial charge in [0.2, 0.25) is 16.0 Å². The van der Waals surface area contributed by atoms with Crippen molar-refractivity contribution in [3.05, 3.63) is 12.4 Å². The minimum absolute atomic E-state index is 0.0252. The van der Waals surface area contributed by atoms with Crippen molar-refractivity contribution in [3.63, 3.8) is 0 Å². The second-order valence-corrected chi connectivity index (χ2v) is 8.68. The second-order valence-electron chi connectivity index (χ2n) is 7.00. The lowest BCUT2D eigenvalue weighted by molar-refractivity contribution is 0.269. The van der Waals surface area contributed by atoms with Crippen LogP contribution in [0.1, 0.15) is 48.0 Å². The summed E-state index contributed by atoms with van der Waals surface area (Å²) in [6.45, 7) is 12.6. The van der Waals surface area contributed by atoms with E-state index in [9.17, 15) is 8.42 Å². The van der Waals surface area contributed by atoms with Crippen LogP contribution >= 0.6 is 0 Å². The first kappa shape index (κ1) is 17.8. The Kier molecular flexibility index (Phi) is 5.33. The number of hydrogen-bond donors (Lipinski definition) is 2. The first-order valence-corrected chi connectivity index (χ1v) is 8.53. The van der Waals surface area contributed by atoms with Crippen molar-refractivity contribution in [2.24, 2.45) is 5.41 Å². The first-order chi connectivity index (χ1) is 9.45. The molecule has 21 heavy (non-hydrogen) atoms. The normalized spacial score (nSPS) is 13.2. The molecule has 0 fully saturated rings. The van der Waals surface area contributed by atoms with E-state index in [-0.39, 0.29) is 10.3 Å². The molecule has 7 heteroatoms. The van der Waals surface area contributed by atoms with Gasteiger partial charge in [0.15, 0.2) is 0 Å². The summed E-state index contributed by atoms with van der Waals surface area (Å²) in [6, 6.07) is 0. The number of anilines is 1. The minimum Gasteiger partial charge on any atom is -0.355 e. The summed E-state index contributed by atoms with van der Waals surface area (Å²) in [5.74, 6) is 0.422. The van der Waals surface area contributed by atoms with Crippen LogP contribution in [0.3, 0.4) is 0 Å². The Labute approximate surface area is 127 Å². The Hall–Kier alpha value is -1.21. The zero-order valence-corrected chi connectivity index (χ0v) is 14.5. The number of hydrogen-bond acceptors (Lipinski definition) is 5. The lowest BCUT2D eigenvalue weighted by atomic mass is 9.82. The molecule has 0 aliphatic carbocycles. The van der Waals surface area contributed by atoms with Crippen LogP contribution in [0.15, 0.2) is 17.3 Å². The van der Waals surface area contributed by atoms with E-state index >= 15 is 0 Å². The molecule has 0 amide bonds. The molecule has 1 rings (SSSR count). The highest BCUT2D eigenvalue weighted by Crippen LogP contribution is 2.28. The smallest absolute Gasteiger partial charge is 0.244 e. The molecule has 1 heterocycles. The number of nitrogens with zero attached hydrogens (tertiary/aromatic N) is 2. The lowest BCUT2D eigenvalue weighted by Crippen LogP contribution is -2.45. The van der Waals surface area contributed by atoms with Crippen molar-refractivity contribution in [3.8, 4) is 0 Å². The monoisotopic (exact) mass is 314 g/mol. The van der Waals surface area contributed by atoms with E-state index in [4.69, 9.17) is 0 Å². The standard InChI is InChI=1S/C14H26N4O2S/c1-7-15-12-16-8-11(9-17-12)21(19,20)18-14(5,6)10-13(2,3)4/h8-9,18H,7,10H2,1-6H3,(H,15,16,17). The Morgan fingerprint density at radius 2 is 1.62 bits per heavy atom. The molecular weight excluding hydrogens is 288 g/mol. The van der Waals surface area contributed by atoms with Gasteiger partial charge in [-0.1, -0.05) is 20.8 Å². The Morgan fingerprint density at radius 3 is 2.05 bits per heavy atom. The van der Waals surface area contributed by atoms with E-state index in [2.05, 4.69) is 40.8 Å². The first-order valence-electron chi connectivity index (χ1n) is 7.05. The number of aromatic nitrogens is 2. The zero-order valence-electron chi connectivity index (χ0n) is 13.7. The molecule has 0 saturated carbocycles. The van der Waals surface area contributed by atoms with Crippen LogP contribution in [0, 0.1) is 5.41 Å². The SMILES string of the molecule is CCNc1ncc(S(=O)(=O)NC(C)(C)CC(C)(C)C)cn1. The number of nitrogens with one attached hydrogen (secondary N) is 2. The van der Waals surface area contributed by atoms with Gasteiger partial charge < -0.3 is 5.32 Å². The van der Waals surface area contributed by atoms with E-state index in [1.165, 1.54) is 12.4 Å². The van der Waals surface area contributed by atoms with Gasteiger partial charge in [-0.25, -0.2) is 23.1 Å². The van der Waals surface area contributed by atoms with Crippen LogP contribution in [0.5, 0.6) is 0 Å². The Bertz CT molecular complexity index is 560. The van der Waals surface area contributed by atoms with Gasteiger partial charge in [0.25, 0.3) is 0 Å². The molecule has 0 aliphatic rings. The van der Waals surface area contributed by atoms with E-state index in [0.29, 0.717) is 12.5 Å². The summed E-state index contributed by atoms with van der Waals surface area (Å²) in [7, 11) is -3.62. The van der Waals surface area contributed by atoms with Gasteiger partial charge in [0.1, 0.15) is 4.90 Å². The molecule has 2 N–H and O–H groups in total. The van der Waals surface area contributed by atoms with Crippen LogP contribution < -0.4 is 10.0 Å². The maximum atomic E-state index is 12.4. The molecule has 0 saturated heterocycles. The van der Waals surface area contributed by atoms with Crippen LogP contribution in [0.4, 0.5) is 5.95 Å². The molecular formula is C14H26N4O2S. The molecule has 6 nitrogen and oxygen atoms in total. The van der Waals surface area contributed by atoms with Gasteiger partial charge in [-0.15, -0.1) is 0 Å². The molecule has 120 valence electrons. The van der Waals surface area contributed by atoms with Crippen LogP contribution in [-0.2, 0) is 10.0 Å². The molecule has 0 radical (unpaired) electrons. The number of rotatable bonds is 6. The van der Waals surface area contributed by atoms with Crippen molar-refractivity contribution in [1.29, 1.82) is 0 Å². The Balaban J connectivity index is 2.90. The van der Waals surface area contributed by atoms with Crippen molar-refractivity contribution in [2.75, 3.05) is 11.9 Å². The maximum Gasteiger partial charge on any atom is 0.244 e. The summed E-state index contributed by atoms with van der Waals surface area (Å²) >= 11 is 0. The van der Waals surface area contributed by atoms with Crippen LogP contribution in [0.25, 0.3) is 0 Å². The average Bonchev–Trinajstić information content (AvgIpc) is 2.25. The third-order valence-corrected chi connectivity index (χ3v) is 4.31. The predicted molar refractivity (Wildman–Crippen MR) is 84.7 cm³/mol. The predicted octanol–water partition coefficient (Wildman–Crippen LogP) is 2.40. The van der Waals surface area contributed by atoms with Gasteiger partial charge in [-0.05, 0) is 32.6 Å². The van der Waals surface area contributed by atoms with Gasteiger partial charge in [0, 0.05) is 12.1 Å². The van der Waals surface area contributed by atoms with Crippen molar-refractivity contribution < 1.29 is 8.42 Å². The maximum absolute atomic E-state index is 12.4. The molecule has 0 spiro atoms. The zero-order chi connectivity index (χ0) is 16.3. The van der Waals surface area contributed by atoms with E-state index in [1.807, 2.05) is 20.8 Å². The molecule has 1 aromatic heterocycles. The van der Waals surface area contributed by atoms with Crippen molar-refractivity contribution >= 4 is 16.0 Å². The highest BCUT2D eigenvalue weighted by Gasteiger charge is 2.30. The van der Waals surface area contributed by atoms with E-state index in [0.717, 1.165) is 6.42 Å². The van der Waals surface area contributed by atoms with Crippen LogP contribution in [0.2, 0.25) is 0 Å². The third-order valence-electron chi connectivity index (χ3n) is 2.66. The molecule has 0 aromatic carbocycles. The highest BCUT2D eigenvalue weighted by atomic mass is 32.2. The summed E-state index contributed by atoms with van der Waals surface area (Å²) in [6.07, 6.45) is 3.36. The van der Waals surface area contributed by atoms with Crippen molar-refractivity contribution in [1.82, 2.24) is 14.7 Å². The van der Waals surface area contributed by atoms with Gasteiger partial charge in [-0.2, -0.15) is 0 Å². The molecule has 0 unspecified atom stereocenters. The second kappa shape index (κ2) is 6.27. The fraction of sp³-hybridized carbons (Fsp3) is 0.714. The fourth-order valence-electron chi connectivity index (χ4n) is 2.49. The topological polar surface area (TPSA) is 84.0 Å². The van der Waals surface area contributed by atoms with Gasteiger partial charge in [-0.3, -0.25) is 0 Å². The van der Waals surface area contributed by atoms with Gasteiger partial charge >= 0.3 is 0 Å². The van der Waals surface area contributed by atoms with Crippen molar-refractivity contribution in [2.45, 2.75) is 58.4 Å². The largest absolute Gasteiger partial charge is 0.355 e. The molecule has 0 atom stereocenters. The molecule has 0 aliphatic heterocycles. The van der Waals surface area contributed by atoms with Gasteiger partial charge in [0.05, 0.1) is 12.4 Å². The summed E-state index contributed by atoms with van der Waals surface area (Å²) < 4.78 is 27.5. The summed E-state index contributed by atoms with van der Waals surface area (Å²) in [5, 5.41) is 2.93. The average molecular weight is 314 g/mol. The third kappa shape index (κ3) is 5.97. The summed E-state index contributed by atoms with van der Waals surface area (Å²) in [5.41, 5.74) is -0.519. The number of sulfonamides is 1. The highest BCUT2D eigenvalue weighted by molar-refractivity contribution is 7.89. The van der Waals surface area contributed by atoms with Crippen LogP contribution in [-0.4, -0.2) is 30.5 Å². The Morgan fingerprint density at radius 1 is 1.10 bits per heavy atom. The molecule has 0 bridgehead atoms. The summed E-state index contributed by atoms with van der Waals surface area (Å²) in [4.78, 5) is 8.07. The lowest BCUT2D eigenvalue weighted by Gasteiger charge is -2.32.